The Hall–Kier alpha value is -1.56. The molecule has 0 spiro atoms. The molecule has 1 rings (SSSR count). The summed E-state index contributed by atoms with van der Waals surface area (Å²) in [5.41, 5.74) is 6.22. The van der Waals surface area contributed by atoms with Crippen LogP contribution >= 0.6 is 0 Å². The summed E-state index contributed by atoms with van der Waals surface area (Å²) in [4.78, 5) is 15.5. The van der Waals surface area contributed by atoms with Crippen molar-refractivity contribution in [2.75, 3.05) is 6.61 Å². The van der Waals surface area contributed by atoms with Gasteiger partial charge in [0.1, 0.15) is 0 Å². The second kappa shape index (κ2) is 6.39. The number of pyridine rings is 1. The molecule has 0 saturated heterocycles. The Kier molecular flexibility index (Phi) is 5.15. The standard InChI is InChI=1S/C12H16F2N2O2/c1-3-18-11(17)5-10-7(2)9(12(13)14)4-8(6-15)16-10/h4,12H,3,5-6,15H2,1-2H3. The number of rotatable bonds is 5. The van der Waals surface area contributed by atoms with Gasteiger partial charge < -0.3 is 10.5 Å². The smallest absolute Gasteiger partial charge is 0.311 e. The number of hydrogen-bond donors (Lipinski definition) is 1. The molecule has 18 heavy (non-hydrogen) atoms. The molecule has 6 heteroatoms. The summed E-state index contributed by atoms with van der Waals surface area (Å²) in [5, 5.41) is 0. The predicted octanol–water partition coefficient (Wildman–Crippen LogP) is 1.89. The fraction of sp³-hybridized carbons (Fsp3) is 0.500. The Bertz CT molecular complexity index is 436. The van der Waals surface area contributed by atoms with Gasteiger partial charge in [-0.05, 0) is 25.5 Å². The van der Waals surface area contributed by atoms with Gasteiger partial charge in [0.25, 0.3) is 6.43 Å². The highest BCUT2D eigenvalue weighted by Gasteiger charge is 2.18. The molecule has 100 valence electrons. The topological polar surface area (TPSA) is 65.2 Å². The van der Waals surface area contributed by atoms with Gasteiger partial charge in [-0.3, -0.25) is 9.78 Å². The fourth-order valence-electron chi connectivity index (χ4n) is 1.60. The van der Waals surface area contributed by atoms with Gasteiger partial charge >= 0.3 is 5.97 Å². The van der Waals surface area contributed by atoms with Crippen LogP contribution in [0.15, 0.2) is 6.07 Å². The van der Waals surface area contributed by atoms with E-state index in [9.17, 15) is 13.6 Å². The minimum Gasteiger partial charge on any atom is -0.466 e. The molecule has 0 fully saturated rings. The highest BCUT2D eigenvalue weighted by Crippen LogP contribution is 2.25. The molecular weight excluding hydrogens is 242 g/mol. The van der Waals surface area contributed by atoms with E-state index in [1.165, 1.54) is 13.0 Å². The molecule has 0 radical (unpaired) electrons. The fourth-order valence-corrected chi connectivity index (χ4v) is 1.60. The minimum absolute atomic E-state index is 0.0514. The molecule has 0 unspecified atom stereocenters. The van der Waals surface area contributed by atoms with Crippen LogP contribution in [0.1, 0.15) is 35.9 Å². The maximum absolute atomic E-state index is 12.8. The molecular formula is C12H16F2N2O2. The summed E-state index contributed by atoms with van der Waals surface area (Å²) in [7, 11) is 0. The highest BCUT2D eigenvalue weighted by molar-refractivity contribution is 5.72. The average Bonchev–Trinajstić information content (AvgIpc) is 2.31. The van der Waals surface area contributed by atoms with Crippen LogP contribution in [0, 0.1) is 6.92 Å². The van der Waals surface area contributed by atoms with Gasteiger partial charge in [0, 0.05) is 12.1 Å². The van der Waals surface area contributed by atoms with Crippen LogP contribution in [0.25, 0.3) is 0 Å². The van der Waals surface area contributed by atoms with Crippen molar-refractivity contribution >= 4 is 5.97 Å². The maximum Gasteiger partial charge on any atom is 0.311 e. The van der Waals surface area contributed by atoms with E-state index in [2.05, 4.69) is 4.98 Å². The molecule has 0 aliphatic heterocycles. The third-order valence-electron chi connectivity index (χ3n) is 2.53. The van der Waals surface area contributed by atoms with E-state index in [1.807, 2.05) is 0 Å². The van der Waals surface area contributed by atoms with Gasteiger partial charge in [-0.15, -0.1) is 0 Å². The number of halogens is 2. The van der Waals surface area contributed by atoms with Crippen LogP contribution in [0.4, 0.5) is 8.78 Å². The monoisotopic (exact) mass is 258 g/mol. The molecule has 0 bridgehead atoms. The Morgan fingerprint density at radius 2 is 2.22 bits per heavy atom. The van der Waals surface area contributed by atoms with E-state index in [0.717, 1.165) is 0 Å². The molecule has 0 amide bonds. The summed E-state index contributed by atoms with van der Waals surface area (Å²) in [5.74, 6) is -0.484. The van der Waals surface area contributed by atoms with Crippen LogP contribution < -0.4 is 5.73 Å². The zero-order chi connectivity index (χ0) is 13.7. The van der Waals surface area contributed by atoms with Gasteiger partial charge in [0.05, 0.1) is 24.4 Å². The Morgan fingerprint density at radius 1 is 1.56 bits per heavy atom. The summed E-state index contributed by atoms with van der Waals surface area (Å²) in [6.45, 7) is 3.49. The quantitative estimate of drug-likeness (QED) is 0.819. The van der Waals surface area contributed by atoms with Crippen molar-refractivity contribution in [3.8, 4) is 0 Å². The van der Waals surface area contributed by atoms with Crippen LogP contribution in [-0.4, -0.2) is 17.6 Å². The van der Waals surface area contributed by atoms with E-state index >= 15 is 0 Å². The van der Waals surface area contributed by atoms with Gasteiger partial charge in [-0.25, -0.2) is 8.78 Å². The summed E-state index contributed by atoms with van der Waals surface area (Å²) < 4.78 is 30.4. The molecule has 2 N–H and O–H groups in total. The lowest BCUT2D eigenvalue weighted by Gasteiger charge is -2.12. The zero-order valence-electron chi connectivity index (χ0n) is 10.4. The summed E-state index contributed by atoms with van der Waals surface area (Å²) in [6, 6.07) is 1.27. The van der Waals surface area contributed by atoms with E-state index < -0.39 is 12.4 Å². The molecule has 0 atom stereocenters. The Morgan fingerprint density at radius 3 is 2.72 bits per heavy atom. The molecule has 0 saturated carbocycles. The second-order valence-corrected chi connectivity index (χ2v) is 3.76. The van der Waals surface area contributed by atoms with Crippen LogP contribution in [-0.2, 0) is 22.5 Å². The third-order valence-corrected chi connectivity index (χ3v) is 2.53. The largest absolute Gasteiger partial charge is 0.466 e. The second-order valence-electron chi connectivity index (χ2n) is 3.76. The number of alkyl halides is 2. The number of aromatic nitrogens is 1. The van der Waals surface area contributed by atoms with Crippen LogP contribution in [0.2, 0.25) is 0 Å². The first-order chi connectivity index (χ1) is 8.49. The summed E-state index contributed by atoms with van der Waals surface area (Å²) >= 11 is 0. The SMILES string of the molecule is CCOC(=O)Cc1nc(CN)cc(C(F)F)c1C. The predicted molar refractivity (Wildman–Crippen MR) is 62.2 cm³/mol. The van der Waals surface area contributed by atoms with E-state index in [0.29, 0.717) is 17.0 Å². The van der Waals surface area contributed by atoms with E-state index in [1.54, 1.807) is 6.92 Å². The van der Waals surface area contributed by atoms with Crippen molar-refractivity contribution in [1.82, 2.24) is 4.98 Å². The number of carbonyl (C=O) groups excluding carboxylic acids is 1. The first kappa shape index (κ1) is 14.5. The van der Waals surface area contributed by atoms with Crippen LogP contribution in [0.5, 0.6) is 0 Å². The van der Waals surface area contributed by atoms with Gasteiger partial charge in [0.15, 0.2) is 0 Å². The Balaban J connectivity index is 3.09. The third kappa shape index (κ3) is 3.46. The van der Waals surface area contributed by atoms with Crippen molar-refractivity contribution in [1.29, 1.82) is 0 Å². The van der Waals surface area contributed by atoms with E-state index in [4.69, 9.17) is 10.5 Å². The molecule has 4 nitrogen and oxygen atoms in total. The average molecular weight is 258 g/mol. The zero-order valence-corrected chi connectivity index (χ0v) is 10.4. The van der Waals surface area contributed by atoms with Crippen molar-refractivity contribution in [3.05, 3.63) is 28.6 Å². The van der Waals surface area contributed by atoms with Crippen molar-refractivity contribution in [3.63, 3.8) is 0 Å². The minimum atomic E-state index is -2.61. The van der Waals surface area contributed by atoms with Crippen molar-refractivity contribution in [2.24, 2.45) is 5.73 Å². The first-order valence-corrected chi connectivity index (χ1v) is 5.62. The van der Waals surface area contributed by atoms with Crippen LogP contribution in [0.3, 0.4) is 0 Å². The number of carbonyl (C=O) groups is 1. The molecule has 1 heterocycles. The van der Waals surface area contributed by atoms with Crippen molar-refractivity contribution < 1.29 is 18.3 Å². The number of esters is 1. The number of ether oxygens (including phenoxy) is 1. The Labute approximate surface area is 104 Å². The normalized spacial score (nSPS) is 10.8. The highest BCUT2D eigenvalue weighted by atomic mass is 19.3. The molecule has 0 aromatic carbocycles. The van der Waals surface area contributed by atoms with Crippen molar-refractivity contribution in [2.45, 2.75) is 33.2 Å². The van der Waals surface area contributed by atoms with E-state index in [-0.39, 0.29) is 25.1 Å². The molecule has 0 aliphatic carbocycles. The first-order valence-electron chi connectivity index (χ1n) is 5.62. The van der Waals surface area contributed by atoms with Gasteiger partial charge in [0.2, 0.25) is 0 Å². The number of nitrogens with zero attached hydrogens (tertiary/aromatic N) is 1. The molecule has 1 aromatic rings. The van der Waals surface area contributed by atoms with Gasteiger partial charge in [-0.2, -0.15) is 0 Å². The number of nitrogens with two attached hydrogens (primary N) is 1. The number of hydrogen-bond acceptors (Lipinski definition) is 4. The van der Waals surface area contributed by atoms with Gasteiger partial charge in [-0.1, -0.05) is 0 Å². The molecule has 0 aliphatic rings. The lowest BCUT2D eigenvalue weighted by atomic mass is 10.0. The maximum atomic E-state index is 12.8. The summed E-state index contributed by atoms with van der Waals surface area (Å²) in [6.07, 6.45) is -2.73. The molecule has 1 aromatic heterocycles. The lowest BCUT2D eigenvalue weighted by molar-refractivity contribution is -0.142. The lowest BCUT2D eigenvalue weighted by Crippen LogP contribution is -2.13.